The topological polar surface area (TPSA) is 53.8 Å². The monoisotopic (exact) mass is 233 g/mol. The summed E-state index contributed by atoms with van der Waals surface area (Å²) in [5.41, 5.74) is 3.59. The summed E-state index contributed by atoms with van der Waals surface area (Å²) < 4.78 is 0. The third-order valence-electron chi connectivity index (χ3n) is 2.88. The van der Waals surface area contributed by atoms with E-state index in [-0.39, 0.29) is 0 Å². The van der Waals surface area contributed by atoms with E-state index in [0.29, 0.717) is 5.56 Å². The van der Waals surface area contributed by atoms with E-state index in [9.17, 15) is 4.79 Å². The van der Waals surface area contributed by atoms with Crippen molar-refractivity contribution in [3.8, 4) is 0 Å². The molecule has 1 heterocycles. The molecule has 0 fully saturated rings. The van der Waals surface area contributed by atoms with Crippen LogP contribution in [0.2, 0.25) is 0 Å². The van der Waals surface area contributed by atoms with Crippen molar-refractivity contribution in [1.29, 1.82) is 0 Å². The maximum atomic E-state index is 10.9. The fourth-order valence-electron chi connectivity index (χ4n) is 1.88. The minimum atomic E-state index is -0.880. The molecule has 0 saturated heterocycles. The molecule has 0 amide bonds. The summed E-state index contributed by atoms with van der Waals surface area (Å²) in [5.74, 6) is -0.880. The van der Waals surface area contributed by atoms with Crippen molar-refractivity contribution in [3.05, 3.63) is 34.2 Å². The number of carboxylic acids is 1. The lowest BCUT2D eigenvalue weighted by Gasteiger charge is -2.16. The first-order valence-electron chi connectivity index (χ1n) is 5.88. The number of unbranched alkanes of at least 4 members (excludes halogenated alkanes) is 1. The van der Waals surface area contributed by atoms with Crippen LogP contribution in [0.25, 0.3) is 12.4 Å². The first kappa shape index (κ1) is 11.7. The number of quaternary nitrogens is 1. The summed E-state index contributed by atoms with van der Waals surface area (Å²) in [6, 6.07) is 5.18. The Labute approximate surface area is 99.8 Å². The normalized spacial score (nSPS) is 17.4. The number of benzene rings is 1. The molecule has 1 aromatic rings. The Morgan fingerprint density at radius 2 is 2.24 bits per heavy atom. The van der Waals surface area contributed by atoms with E-state index in [1.54, 1.807) is 12.1 Å². The van der Waals surface area contributed by atoms with E-state index >= 15 is 0 Å². The highest BCUT2D eigenvalue weighted by Gasteiger charge is 2.08. The zero-order chi connectivity index (χ0) is 12.3. The molecule has 1 aromatic carbocycles. The van der Waals surface area contributed by atoms with Crippen molar-refractivity contribution >= 4 is 18.4 Å². The van der Waals surface area contributed by atoms with Gasteiger partial charge in [0.2, 0.25) is 0 Å². The van der Waals surface area contributed by atoms with Crippen LogP contribution in [-0.2, 0) is 0 Å². The molecule has 17 heavy (non-hydrogen) atoms. The van der Waals surface area contributed by atoms with Crippen LogP contribution in [0.1, 0.15) is 30.1 Å². The van der Waals surface area contributed by atoms with Crippen LogP contribution < -0.4 is 20.9 Å². The average molecular weight is 233 g/mol. The minimum Gasteiger partial charge on any atom is -0.478 e. The Kier molecular flexibility index (Phi) is 3.44. The Bertz CT molecular complexity index is 537. The number of nitrogens with one attached hydrogen (secondary N) is 2. The Morgan fingerprint density at radius 1 is 1.41 bits per heavy atom. The van der Waals surface area contributed by atoms with E-state index in [1.165, 1.54) is 0 Å². The first-order chi connectivity index (χ1) is 8.20. The van der Waals surface area contributed by atoms with Gasteiger partial charge in [-0.3, -0.25) is 0 Å². The quantitative estimate of drug-likeness (QED) is 0.629. The number of fused-ring (bicyclic) bond motifs is 1. The molecule has 0 aromatic heterocycles. The third kappa shape index (κ3) is 2.65. The highest BCUT2D eigenvalue weighted by molar-refractivity contribution is 5.87. The first-order valence-corrected chi connectivity index (χ1v) is 5.88. The third-order valence-corrected chi connectivity index (χ3v) is 2.88. The zero-order valence-corrected chi connectivity index (χ0v) is 9.86. The van der Waals surface area contributed by atoms with Gasteiger partial charge in [0, 0.05) is 10.4 Å². The van der Waals surface area contributed by atoms with Crippen molar-refractivity contribution in [2.75, 3.05) is 6.54 Å². The van der Waals surface area contributed by atoms with Gasteiger partial charge in [0.1, 0.15) is 12.7 Å². The van der Waals surface area contributed by atoms with Crippen LogP contribution in [0, 0.1) is 0 Å². The molecule has 3 N–H and O–H groups in total. The molecule has 0 aliphatic carbocycles. The molecule has 0 radical (unpaired) electrons. The van der Waals surface area contributed by atoms with Crippen LogP contribution in [0.4, 0.5) is 0 Å². The summed E-state index contributed by atoms with van der Waals surface area (Å²) in [5, 5.41) is 12.1. The second-order valence-corrected chi connectivity index (χ2v) is 4.21. The molecule has 4 nitrogen and oxygen atoms in total. The van der Waals surface area contributed by atoms with E-state index in [2.05, 4.69) is 12.3 Å². The summed E-state index contributed by atoms with van der Waals surface area (Å²) in [6.45, 7) is 3.16. The van der Waals surface area contributed by atoms with E-state index in [0.717, 1.165) is 34.8 Å². The lowest BCUT2D eigenvalue weighted by molar-refractivity contribution is -0.857. The van der Waals surface area contributed by atoms with Gasteiger partial charge in [0.15, 0.2) is 0 Å². The van der Waals surface area contributed by atoms with Gasteiger partial charge in [-0.15, -0.1) is 0 Å². The Morgan fingerprint density at radius 3 is 2.94 bits per heavy atom. The Balaban J connectivity index is 2.32. The van der Waals surface area contributed by atoms with Gasteiger partial charge in [-0.25, -0.2) is 15.2 Å². The highest BCUT2D eigenvalue weighted by Crippen LogP contribution is 1.91. The fraction of sp³-hybridized carbons (Fsp3) is 0.308. The van der Waals surface area contributed by atoms with Crippen LogP contribution in [-0.4, -0.2) is 17.6 Å². The number of hydrogen-bond acceptors (Lipinski definition) is 2. The van der Waals surface area contributed by atoms with Gasteiger partial charge in [-0.1, -0.05) is 19.4 Å². The lowest BCUT2D eigenvalue weighted by Crippen LogP contribution is -3.14. The zero-order valence-electron chi connectivity index (χ0n) is 9.86. The number of aromatic carboxylic acids is 1. The molecule has 2 rings (SSSR count). The van der Waals surface area contributed by atoms with Gasteiger partial charge in [-0.05, 0) is 18.6 Å². The molecule has 0 bridgehead atoms. The maximum Gasteiger partial charge on any atom is 0.335 e. The summed E-state index contributed by atoms with van der Waals surface area (Å²) >= 11 is 0. The number of hydrogen-bond donors (Lipinski definition) is 3. The van der Waals surface area contributed by atoms with Crippen molar-refractivity contribution in [2.24, 2.45) is 0 Å². The van der Waals surface area contributed by atoms with Crippen LogP contribution in [0.15, 0.2) is 18.2 Å². The second-order valence-electron chi connectivity index (χ2n) is 4.21. The minimum absolute atomic E-state index is 0.338. The van der Waals surface area contributed by atoms with Crippen molar-refractivity contribution in [2.45, 2.75) is 19.8 Å². The van der Waals surface area contributed by atoms with Gasteiger partial charge < -0.3 is 5.11 Å². The summed E-state index contributed by atoms with van der Waals surface area (Å²) in [4.78, 5) is 10.9. The van der Waals surface area contributed by atoms with Gasteiger partial charge >= 0.3 is 5.97 Å². The predicted octanol–water partition coefficient (Wildman–Crippen LogP) is -0.936. The summed E-state index contributed by atoms with van der Waals surface area (Å²) in [7, 11) is 0. The summed E-state index contributed by atoms with van der Waals surface area (Å²) in [6.07, 6.45) is 6.27. The number of carbonyl (C=O) groups is 1. The molecule has 90 valence electrons. The second kappa shape index (κ2) is 5.01. The number of rotatable bonds is 4. The smallest absolute Gasteiger partial charge is 0.335 e. The molecular formula is C13H17N2O2+. The standard InChI is InChI=1S/C13H16N2O2/c1-2-3-6-15-9-12-7-10(13(16)17)4-5-11(12)8-14-15/h4-5,7-9,14H,2-3,6H2,1H3,(H,16,17)/p+1. The fourth-order valence-corrected chi connectivity index (χ4v) is 1.88. The lowest BCUT2D eigenvalue weighted by atomic mass is 10.1. The Hall–Kier alpha value is -1.81. The van der Waals surface area contributed by atoms with E-state index in [4.69, 9.17) is 5.11 Å². The van der Waals surface area contributed by atoms with Gasteiger partial charge in [0.25, 0.3) is 0 Å². The van der Waals surface area contributed by atoms with E-state index in [1.807, 2.05) is 18.5 Å². The van der Waals surface area contributed by atoms with E-state index < -0.39 is 5.97 Å². The van der Waals surface area contributed by atoms with Crippen molar-refractivity contribution < 1.29 is 14.9 Å². The molecule has 1 atom stereocenters. The number of carboxylic acid groups (broad SMARTS) is 1. The van der Waals surface area contributed by atoms with Crippen molar-refractivity contribution in [3.63, 3.8) is 0 Å². The van der Waals surface area contributed by atoms with Gasteiger partial charge in [-0.2, -0.15) is 0 Å². The molecular weight excluding hydrogens is 216 g/mol. The predicted molar refractivity (Wildman–Crippen MR) is 65.5 cm³/mol. The maximum absolute atomic E-state index is 10.9. The van der Waals surface area contributed by atoms with Crippen LogP contribution in [0.5, 0.6) is 0 Å². The molecule has 1 aliphatic heterocycles. The van der Waals surface area contributed by atoms with Crippen LogP contribution >= 0.6 is 0 Å². The molecule has 0 spiro atoms. The van der Waals surface area contributed by atoms with Crippen molar-refractivity contribution in [1.82, 2.24) is 5.43 Å². The molecule has 4 heteroatoms. The average Bonchev–Trinajstić information content (AvgIpc) is 2.35. The van der Waals surface area contributed by atoms with Gasteiger partial charge in [0.05, 0.1) is 11.8 Å². The highest BCUT2D eigenvalue weighted by atomic mass is 16.4. The molecule has 0 saturated carbocycles. The van der Waals surface area contributed by atoms with Crippen LogP contribution in [0.3, 0.4) is 0 Å². The SMILES string of the molecule is CCCC[NH+]1C=c2cc(C(=O)O)ccc2=CN1. The molecule has 1 unspecified atom stereocenters. The largest absolute Gasteiger partial charge is 0.478 e. The molecule has 1 aliphatic rings.